The molecule has 0 N–H and O–H groups in total. The van der Waals surface area contributed by atoms with Crippen molar-refractivity contribution in [1.29, 1.82) is 0 Å². The third-order valence-corrected chi connectivity index (χ3v) is 13.4. The van der Waals surface area contributed by atoms with Crippen LogP contribution in [0.25, 0.3) is 99.5 Å². The summed E-state index contributed by atoms with van der Waals surface area (Å²) in [4.78, 5) is 0. The Bertz CT molecular complexity index is 3660. The first kappa shape index (κ1) is 35.5. The van der Waals surface area contributed by atoms with Crippen molar-refractivity contribution in [2.45, 2.75) is 5.92 Å². The zero-order valence-corrected chi connectivity index (χ0v) is 34.5. The van der Waals surface area contributed by atoms with Crippen LogP contribution < -0.4 is 0 Å². The minimum absolute atomic E-state index is 0.164. The molecule has 1 atom stereocenters. The summed E-state index contributed by atoms with van der Waals surface area (Å²) in [6.45, 7) is 0. The molecule has 294 valence electrons. The van der Waals surface area contributed by atoms with Gasteiger partial charge >= 0.3 is 0 Å². The van der Waals surface area contributed by atoms with Crippen molar-refractivity contribution in [2.75, 3.05) is 0 Å². The lowest BCUT2D eigenvalue weighted by atomic mass is 9.88. The SMILES string of the molecule is c1ccc(-c2ccc(-n3c4ccccc4c4cc(-c5ccc([C@@H]6c7ccccc7-c7cc(-c8cccc(-n9c%10ccccc%10c%10ccccc%109)c8)ccc76)cc5)ccc43)cc2)cc1. The summed E-state index contributed by atoms with van der Waals surface area (Å²) in [6.07, 6.45) is 0. The number of para-hydroxylation sites is 3. The van der Waals surface area contributed by atoms with Gasteiger partial charge in [-0.2, -0.15) is 0 Å². The van der Waals surface area contributed by atoms with Gasteiger partial charge < -0.3 is 9.13 Å². The van der Waals surface area contributed by atoms with Crippen molar-refractivity contribution in [2.24, 2.45) is 0 Å². The molecule has 0 fully saturated rings. The standard InChI is InChI=1S/C61H40N2/c1-2-13-40(14-3-1)41-29-33-47(34-30-41)62-59-24-11-8-20-52(59)56-39-45(32-36-60(56)62)42-25-27-43(28-26-42)61-53-21-5-4-17-49(53)55-38-46(31-35-54(55)61)44-15-12-16-48(37-44)63-57-22-9-6-18-50(57)51-19-7-10-23-58(51)63/h1-39,61H/t61-/m1/s1. The molecule has 0 unspecified atom stereocenters. The molecule has 0 spiro atoms. The van der Waals surface area contributed by atoms with Crippen LogP contribution >= 0.6 is 0 Å². The third kappa shape index (κ3) is 5.65. The van der Waals surface area contributed by atoms with E-state index in [2.05, 4.69) is 246 Å². The van der Waals surface area contributed by atoms with Crippen molar-refractivity contribution in [3.63, 3.8) is 0 Å². The highest BCUT2D eigenvalue weighted by molar-refractivity contribution is 6.11. The van der Waals surface area contributed by atoms with Gasteiger partial charge in [0.2, 0.25) is 0 Å². The molecule has 63 heavy (non-hydrogen) atoms. The molecular formula is C61H40N2. The molecule has 0 saturated heterocycles. The van der Waals surface area contributed by atoms with E-state index in [-0.39, 0.29) is 5.92 Å². The lowest BCUT2D eigenvalue weighted by Gasteiger charge is -2.16. The van der Waals surface area contributed by atoms with Gasteiger partial charge in [-0.05, 0) is 122 Å². The van der Waals surface area contributed by atoms with E-state index in [0.717, 1.165) is 5.69 Å². The molecule has 0 amide bonds. The molecule has 1 aliphatic carbocycles. The van der Waals surface area contributed by atoms with E-state index in [1.807, 2.05) is 0 Å². The van der Waals surface area contributed by atoms with Crippen molar-refractivity contribution in [3.05, 3.63) is 253 Å². The molecule has 0 bridgehead atoms. The quantitative estimate of drug-likeness (QED) is 0.159. The highest BCUT2D eigenvalue weighted by atomic mass is 15.0. The minimum atomic E-state index is 0.164. The topological polar surface area (TPSA) is 9.86 Å². The summed E-state index contributed by atoms with van der Waals surface area (Å²) in [5.74, 6) is 0.164. The molecular weight excluding hydrogens is 761 g/mol. The Morgan fingerprint density at radius 3 is 1.46 bits per heavy atom. The Kier molecular flexibility index (Phi) is 8.01. The maximum Gasteiger partial charge on any atom is 0.0541 e. The number of aromatic nitrogens is 2. The van der Waals surface area contributed by atoms with Crippen LogP contribution in [0.3, 0.4) is 0 Å². The van der Waals surface area contributed by atoms with Crippen molar-refractivity contribution in [1.82, 2.24) is 9.13 Å². The van der Waals surface area contributed by atoms with Gasteiger partial charge in [-0.15, -0.1) is 0 Å². The predicted octanol–water partition coefficient (Wildman–Crippen LogP) is 16.0. The van der Waals surface area contributed by atoms with E-state index in [1.54, 1.807) is 0 Å². The second kappa shape index (κ2) is 14.2. The minimum Gasteiger partial charge on any atom is -0.309 e. The van der Waals surface area contributed by atoms with Crippen LogP contribution in [0.1, 0.15) is 22.6 Å². The largest absolute Gasteiger partial charge is 0.309 e. The second-order valence-electron chi connectivity index (χ2n) is 16.9. The molecule has 0 radical (unpaired) electrons. The number of nitrogens with zero attached hydrogens (tertiary/aromatic N) is 2. The Labute approximate surface area is 366 Å². The maximum absolute atomic E-state index is 2.41. The molecule has 2 nitrogen and oxygen atoms in total. The highest BCUT2D eigenvalue weighted by Crippen LogP contribution is 2.49. The number of hydrogen-bond donors (Lipinski definition) is 0. The zero-order chi connectivity index (χ0) is 41.4. The van der Waals surface area contributed by atoms with Crippen LogP contribution in [-0.2, 0) is 0 Å². The number of fused-ring (bicyclic) bond motifs is 9. The summed E-state index contributed by atoms with van der Waals surface area (Å²) in [5, 5.41) is 5.07. The Balaban J connectivity index is 0.842. The van der Waals surface area contributed by atoms with Gasteiger partial charge in [-0.25, -0.2) is 0 Å². The Hall–Kier alpha value is -8.20. The Morgan fingerprint density at radius 2 is 0.730 bits per heavy atom. The van der Waals surface area contributed by atoms with E-state index in [4.69, 9.17) is 0 Å². The van der Waals surface area contributed by atoms with E-state index >= 15 is 0 Å². The summed E-state index contributed by atoms with van der Waals surface area (Å²) in [7, 11) is 0. The number of rotatable bonds is 6. The van der Waals surface area contributed by atoms with Crippen molar-refractivity contribution in [3.8, 4) is 55.9 Å². The first-order valence-electron chi connectivity index (χ1n) is 21.9. The number of hydrogen-bond acceptors (Lipinski definition) is 0. The van der Waals surface area contributed by atoms with Crippen LogP contribution in [0.5, 0.6) is 0 Å². The van der Waals surface area contributed by atoms with Crippen LogP contribution in [0.15, 0.2) is 237 Å². The average Bonchev–Trinajstić information content (AvgIpc) is 4.00. The van der Waals surface area contributed by atoms with Gasteiger partial charge in [0.25, 0.3) is 0 Å². The molecule has 2 heteroatoms. The lowest BCUT2D eigenvalue weighted by molar-refractivity contribution is 1.02. The highest BCUT2D eigenvalue weighted by Gasteiger charge is 2.30. The summed E-state index contributed by atoms with van der Waals surface area (Å²) in [6, 6.07) is 87.1. The van der Waals surface area contributed by atoms with Crippen molar-refractivity contribution >= 4 is 43.6 Å². The fourth-order valence-corrected chi connectivity index (χ4v) is 10.5. The molecule has 10 aromatic carbocycles. The predicted molar refractivity (Wildman–Crippen MR) is 264 cm³/mol. The summed E-state index contributed by atoms with van der Waals surface area (Å²) < 4.78 is 4.80. The van der Waals surface area contributed by atoms with E-state index in [1.165, 1.54) is 110 Å². The first-order valence-corrected chi connectivity index (χ1v) is 21.9. The lowest BCUT2D eigenvalue weighted by Crippen LogP contribution is -1.99. The van der Waals surface area contributed by atoms with Gasteiger partial charge in [0.15, 0.2) is 0 Å². The molecule has 1 aliphatic rings. The van der Waals surface area contributed by atoms with E-state index in [0.29, 0.717) is 0 Å². The number of benzene rings is 10. The van der Waals surface area contributed by atoms with Gasteiger partial charge in [0.1, 0.15) is 0 Å². The molecule has 2 heterocycles. The van der Waals surface area contributed by atoms with Gasteiger partial charge in [0.05, 0.1) is 22.1 Å². The molecule has 2 aromatic heterocycles. The van der Waals surface area contributed by atoms with Gasteiger partial charge in [-0.1, -0.05) is 176 Å². The van der Waals surface area contributed by atoms with Gasteiger partial charge in [0, 0.05) is 38.8 Å². The van der Waals surface area contributed by atoms with Crippen LogP contribution in [0.2, 0.25) is 0 Å². The van der Waals surface area contributed by atoms with Crippen LogP contribution in [0.4, 0.5) is 0 Å². The smallest absolute Gasteiger partial charge is 0.0541 e. The average molecular weight is 801 g/mol. The van der Waals surface area contributed by atoms with Gasteiger partial charge in [-0.3, -0.25) is 0 Å². The monoisotopic (exact) mass is 800 g/mol. The Morgan fingerprint density at radius 1 is 0.254 bits per heavy atom. The van der Waals surface area contributed by atoms with Crippen molar-refractivity contribution < 1.29 is 0 Å². The van der Waals surface area contributed by atoms with E-state index in [9.17, 15) is 0 Å². The van der Waals surface area contributed by atoms with Crippen LogP contribution in [0, 0.1) is 0 Å². The summed E-state index contributed by atoms with van der Waals surface area (Å²) >= 11 is 0. The molecule has 13 rings (SSSR count). The molecule has 12 aromatic rings. The summed E-state index contributed by atoms with van der Waals surface area (Å²) in [5.41, 5.74) is 21.2. The second-order valence-corrected chi connectivity index (χ2v) is 16.9. The first-order chi connectivity index (χ1) is 31.2. The fourth-order valence-electron chi connectivity index (χ4n) is 10.5. The van der Waals surface area contributed by atoms with Crippen LogP contribution in [-0.4, -0.2) is 9.13 Å². The zero-order valence-electron chi connectivity index (χ0n) is 34.5. The fraction of sp³-hybridized carbons (Fsp3) is 0.0164. The molecule has 0 saturated carbocycles. The van der Waals surface area contributed by atoms with E-state index < -0.39 is 0 Å². The third-order valence-electron chi connectivity index (χ3n) is 13.4. The molecule has 0 aliphatic heterocycles. The normalized spacial score (nSPS) is 13.2. The maximum atomic E-state index is 2.41.